The first kappa shape index (κ1) is 20.7. The molecule has 0 spiro atoms. The van der Waals surface area contributed by atoms with Gasteiger partial charge in [0.25, 0.3) is 0 Å². The fourth-order valence-corrected chi connectivity index (χ4v) is 2.33. The Hall–Kier alpha value is -1.32. The molecular formula is C18H32O4. The van der Waals surface area contributed by atoms with E-state index in [9.17, 15) is 9.59 Å². The molecule has 0 aromatic rings. The lowest BCUT2D eigenvalue weighted by Crippen LogP contribution is -2.24. The molecule has 4 heteroatoms. The predicted molar refractivity (Wildman–Crippen MR) is 88.4 cm³/mol. The lowest BCUT2D eigenvalue weighted by atomic mass is 9.88. The van der Waals surface area contributed by atoms with Gasteiger partial charge in [-0.3, -0.25) is 0 Å². The van der Waals surface area contributed by atoms with Crippen LogP contribution in [0.2, 0.25) is 0 Å². The van der Waals surface area contributed by atoms with E-state index in [0.29, 0.717) is 13.2 Å². The average molecular weight is 312 g/mol. The molecule has 0 aliphatic rings. The van der Waals surface area contributed by atoms with Gasteiger partial charge >= 0.3 is 11.9 Å². The number of hydrogen-bond donors (Lipinski definition) is 0. The minimum absolute atomic E-state index is 0.0902. The molecule has 0 rings (SSSR count). The van der Waals surface area contributed by atoms with Crippen molar-refractivity contribution in [1.82, 2.24) is 0 Å². The summed E-state index contributed by atoms with van der Waals surface area (Å²) in [5.41, 5.74) is 0.903. The highest BCUT2D eigenvalue weighted by molar-refractivity contribution is 6.14. The Morgan fingerprint density at radius 1 is 0.773 bits per heavy atom. The zero-order valence-corrected chi connectivity index (χ0v) is 15.0. The first-order valence-electron chi connectivity index (χ1n) is 8.44. The van der Waals surface area contributed by atoms with Gasteiger partial charge in [-0.2, -0.15) is 0 Å². The van der Waals surface area contributed by atoms with Gasteiger partial charge in [0.2, 0.25) is 0 Å². The molecule has 0 atom stereocenters. The molecule has 0 aromatic carbocycles. The molecule has 0 radical (unpaired) electrons. The Balaban J connectivity index is 5.32. The second-order valence-corrected chi connectivity index (χ2v) is 6.12. The van der Waals surface area contributed by atoms with Crippen LogP contribution in [0.1, 0.15) is 67.2 Å². The number of rotatable bonds is 10. The Morgan fingerprint density at radius 3 is 1.41 bits per heavy atom. The number of ether oxygens (including phenoxy) is 2. The van der Waals surface area contributed by atoms with Crippen molar-refractivity contribution in [3.8, 4) is 0 Å². The third-order valence-corrected chi connectivity index (χ3v) is 3.40. The fourth-order valence-electron chi connectivity index (χ4n) is 2.33. The van der Waals surface area contributed by atoms with Crippen molar-refractivity contribution in [2.24, 2.45) is 11.8 Å². The van der Waals surface area contributed by atoms with Crippen LogP contribution < -0.4 is 0 Å². The highest BCUT2D eigenvalue weighted by Gasteiger charge is 2.28. The Bertz CT molecular complexity index is 347. The lowest BCUT2D eigenvalue weighted by molar-refractivity contribution is -0.147. The number of esters is 2. The van der Waals surface area contributed by atoms with Crippen LogP contribution in [0.25, 0.3) is 0 Å². The van der Waals surface area contributed by atoms with Gasteiger partial charge in [-0.15, -0.1) is 0 Å². The molecule has 0 bridgehead atoms. The van der Waals surface area contributed by atoms with Gasteiger partial charge in [-0.25, -0.2) is 9.59 Å². The lowest BCUT2D eigenvalue weighted by Gasteiger charge is -2.20. The molecule has 0 heterocycles. The topological polar surface area (TPSA) is 52.6 Å². The maximum atomic E-state index is 12.4. The molecule has 0 aromatic heterocycles. The fraction of sp³-hybridized carbons (Fsp3) is 0.778. The van der Waals surface area contributed by atoms with Crippen LogP contribution in [0.5, 0.6) is 0 Å². The monoisotopic (exact) mass is 312 g/mol. The van der Waals surface area contributed by atoms with E-state index in [4.69, 9.17) is 9.47 Å². The highest BCUT2D eigenvalue weighted by atomic mass is 16.6. The largest absolute Gasteiger partial charge is 0.462 e. The van der Waals surface area contributed by atoms with Gasteiger partial charge in [0, 0.05) is 0 Å². The van der Waals surface area contributed by atoms with Crippen LogP contribution in [0, 0.1) is 11.8 Å². The summed E-state index contributed by atoms with van der Waals surface area (Å²) in [5, 5.41) is 0. The molecule has 0 unspecified atom stereocenters. The van der Waals surface area contributed by atoms with Crippen LogP contribution in [-0.2, 0) is 19.1 Å². The summed E-state index contributed by atoms with van der Waals surface area (Å²) in [4.78, 5) is 24.7. The number of unbranched alkanes of at least 4 members (excludes halogenated alkanes) is 2. The quantitative estimate of drug-likeness (QED) is 0.199. The normalized spacial score (nSPS) is 10.7. The molecule has 0 N–H and O–H groups in total. The van der Waals surface area contributed by atoms with Crippen molar-refractivity contribution in [2.45, 2.75) is 67.2 Å². The van der Waals surface area contributed by atoms with Gasteiger partial charge in [0.15, 0.2) is 0 Å². The van der Waals surface area contributed by atoms with Gasteiger partial charge in [0.1, 0.15) is 5.57 Å². The summed E-state index contributed by atoms with van der Waals surface area (Å²) in [5.74, 6) is -0.917. The molecule has 22 heavy (non-hydrogen) atoms. The molecule has 0 amide bonds. The second-order valence-electron chi connectivity index (χ2n) is 6.12. The zero-order chi connectivity index (χ0) is 17.1. The summed E-state index contributed by atoms with van der Waals surface area (Å²) in [6, 6.07) is 0. The van der Waals surface area contributed by atoms with E-state index in [1.807, 2.05) is 41.5 Å². The second kappa shape index (κ2) is 11.3. The van der Waals surface area contributed by atoms with E-state index in [1.165, 1.54) is 0 Å². The first-order chi connectivity index (χ1) is 10.4. The smallest absolute Gasteiger partial charge is 0.345 e. The zero-order valence-electron chi connectivity index (χ0n) is 15.0. The number of allylic oxidation sites excluding steroid dienone is 1. The molecule has 0 saturated carbocycles. The molecule has 0 aliphatic carbocycles. The highest BCUT2D eigenvalue weighted by Crippen LogP contribution is 2.25. The van der Waals surface area contributed by atoms with Crippen molar-refractivity contribution in [1.29, 1.82) is 0 Å². The van der Waals surface area contributed by atoms with E-state index in [1.54, 1.807) is 0 Å². The first-order valence-corrected chi connectivity index (χ1v) is 8.44. The third-order valence-electron chi connectivity index (χ3n) is 3.40. The Labute approximate surface area is 135 Å². The van der Waals surface area contributed by atoms with Crippen molar-refractivity contribution in [3.63, 3.8) is 0 Å². The van der Waals surface area contributed by atoms with Crippen LogP contribution in [0.4, 0.5) is 0 Å². The Morgan fingerprint density at radius 2 is 1.14 bits per heavy atom. The molecule has 0 saturated heterocycles. The standard InChI is InChI=1S/C18H32O4/c1-7-9-11-21-17(19)16(15(13(3)4)14(5)6)18(20)22-12-10-8-2/h13-14H,7-12H2,1-6H3. The van der Waals surface area contributed by atoms with Crippen molar-refractivity contribution in [3.05, 3.63) is 11.1 Å². The molecule has 128 valence electrons. The summed E-state index contributed by atoms with van der Waals surface area (Å²) < 4.78 is 10.5. The maximum Gasteiger partial charge on any atom is 0.345 e. The number of hydrogen-bond acceptors (Lipinski definition) is 4. The molecular weight excluding hydrogens is 280 g/mol. The SMILES string of the molecule is CCCCOC(=O)C(C(=O)OCCCC)=C(C(C)C)C(C)C. The van der Waals surface area contributed by atoms with Crippen LogP contribution >= 0.6 is 0 Å². The minimum atomic E-state index is -0.549. The van der Waals surface area contributed by atoms with E-state index in [-0.39, 0.29) is 17.4 Å². The maximum absolute atomic E-state index is 12.4. The van der Waals surface area contributed by atoms with Crippen LogP contribution in [0.3, 0.4) is 0 Å². The van der Waals surface area contributed by atoms with E-state index in [2.05, 4.69) is 0 Å². The number of carbonyl (C=O) groups excluding carboxylic acids is 2. The average Bonchev–Trinajstić information content (AvgIpc) is 2.43. The summed E-state index contributed by atoms with van der Waals surface area (Å²) in [6.07, 6.45) is 3.47. The third kappa shape index (κ3) is 7.10. The van der Waals surface area contributed by atoms with E-state index in [0.717, 1.165) is 31.3 Å². The van der Waals surface area contributed by atoms with Crippen LogP contribution in [-0.4, -0.2) is 25.2 Å². The van der Waals surface area contributed by atoms with Gasteiger partial charge in [-0.1, -0.05) is 54.4 Å². The molecule has 4 nitrogen and oxygen atoms in total. The molecule has 0 aliphatic heterocycles. The minimum Gasteiger partial charge on any atom is -0.462 e. The molecule has 0 fully saturated rings. The number of carbonyl (C=O) groups is 2. The van der Waals surface area contributed by atoms with E-state index < -0.39 is 11.9 Å². The summed E-state index contributed by atoms with van der Waals surface area (Å²) in [7, 11) is 0. The van der Waals surface area contributed by atoms with Gasteiger partial charge in [-0.05, 0) is 30.3 Å². The summed E-state index contributed by atoms with van der Waals surface area (Å²) in [6.45, 7) is 12.6. The van der Waals surface area contributed by atoms with Gasteiger partial charge < -0.3 is 9.47 Å². The van der Waals surface area contributed by atoms with Gasteiger partial charge in [0.05, 0.1) is 13.2 Å². The van der Waals surface area contributed by atoms with E-state index >= 15 is 0 Å². The van der Waals surface area contributed by atoms with Crippen molar-refractivity contribution < 1.29 is 19.1 Å². The van der Waals surface area contributed by atoms with Crippen molar-refractivity contribution >= 4 is 11.9 Å². The summed E-state index contributed by atoms with van der Waals surface area (Å²) >= 11 is 0. The Kier molecular flexibility index (Phi) is 10.6. The van der Waals surface area contributed by atoms with Crippen LogP contribution in [0.15, 0.2) is 11.1 Å². The predicted octanol–water partition coefficient (Wildman–Crippen LogP) is 4.28. The van der Waals surface area contributed by atoms with Crippen molar-refractivity contribution in [2.75, 3.05) is 13.2 Å².